The van der Waals surface area contributed by atoms with Gasteiger partial charge in [-0.2, -0.15) is 0 Å². The minimum Gasteiger partial charge on any atom is -0.490 e. The molecule has 0 saturated carbocycles. The molecule has 3 aromatic rings. The predicted octanol–water partition coefficient (Wildman–Crippen LogP) is 3.57. The van der Waals surface area contributed by atoms with Crippen molar-refractivity contribution < 1.29 is 14.1 Å². The Bertz CT molecular complexity index is 907. The van der Waals surface area contributed by atoms with Gasteiger partial charge < -0.3 is 14.5 Å². The van der Waals surface area contributed by atoms with E-state index in [4.69, 9.17) is 9.15 Å². The molecule has 0 aliphatic heterocycles. The van der Waals surface area contributed by atoms with E-state index in [2.05, 4.69) is 15.5 Å². The highest BCUT2D eigenvalue weighted by molar-refractivity contribution is 5.61. The lowest BCUT2D eigenvalue weighted by molar-refractivity contribution is -0.385. The van der Waals surface area contributed by atoms with Crippen molar-refractivity contribution in [2.75, 3.05) is 12.4 Å². The predicted molar refractivity (Wildman–Crippen MR) is 91.4 cm³/mol. The Morgan fingerprint density at radius 2 is 2.08 bits per heavy atom. The monoisotopic (exact) mass is 340 g/mol. The summed E-state index contributed by atoms with van der Waals surface area (Å²) in [5, 5.41) is 22.1. The normalized spacial score (nSPS) is 10.5. The number of aryl methyl sites for hydroxylation is 1. The molecule has 0 saturated heterocycles. The molecule has 1 N–H and O–H groups in total. The van der Waals surface area contributed by atoms with Crippen molar-refractivity contribution in [3.8, 4) is 17.2 Å². The van der Waals surface area contributed by atoms with Crippen LogP contribution < -0.4 is 10.1 Å². The number of rotatable bonds is 6. The van der Waals surface area contributed by atoms with E-state index in [9.17, 15) is 10.1 Å². The fourth-order valence-corrected chi connectivity index (χ4v) is 2.37. The Balaban J connectivity index is 1.76. The molecule has 0 unspecified atom stereocenters. The lowest BCUT2D eigenvalue weighted by Gasteiger charge is -2.08. The minimum absolute atomic E-state index is 0.0584. The van der Waals surface area contributed by atoms with Gasteiger partial charge in [0.2, 0.25) is 11.8 Å². The van der Waals surface area contributed by atoms with Crippen LogP contribution in [0.25, 0.3) is 11.5 Å². The van der Waals surface area contributed by atoms with Crippen LogP contribution in [0.4, 0.5) is 11.4 Å². The average Bonchev–Trinajstić information content (AvgIpc) is 3.06. The molecule has 0 spiro atoms. The quantitative estimate of drug-likeness (QED) is 0.540. The molecule has 0 fully saturated rings. The molecule has 0 bridgehead atoms. The van der Waals surface area contributed by atoms with E-state index in [0.29, 0.717) is 18.3 Å². The number of aromatic nitrogens is 2. The summed E-state index contributed by atoms with van der Waals surface area (Å²) in [6.45, 7) is 2.16. The smallest absolute Gasteiger partial charge is 0.311 e. The second-order valence-corrected chi connectivity index (χ2v) is 5.32. The zero-order valence-electron chi connectivity index (χ0n) is 13.7. The Hall–Kier alpha value is -3.42. The van der Waals surface area contributed by atoms with Crippen molar-refractivity contribution in [2.45, 2.75) is 13.5 Å². The maximum atomic E-state index is 11.1. The van der Waals surface area contributed by atoms with Crippen LogP contribution in [-0.4, -0.2) is 22.2 Å². The molecule has 0 amide bonds. The molecule has 8 heteroatoms. The molecule has 3 rings (SSSR count). The van der Waals surface area contributed by atoms with Gasteiger partial charge in [0.25, 0.3) is 0 Å². The average molecular weight is 340 g/mol. The van der Waals surface area contributed by atoms with Gasteiger partial charge in [-0.3, -0.25) is 10.1 Å². The summed E-state index contributed by atoms with van der Waals surface area (Å²) in [7, 11) is 1.41. The molecule has 1 heterocycles. The molecule has 0 atom stereocenters. The molecule has 0 aliphatic rings. The summed E-state index contributed by atoms with van der Waals surface area (Å²) in [6, 6.07) is 12.4. The SMILES string of the molecule is COc1ccc(CNc2cccc(-c3nnc(C)o3)c2)cc1[N+](=O)[O-]. The molecule has 0 radical (unpaired) electrons. The third-order valence-corrected chi connectivity index (χ3v) is 3.57. The summed E-state index contributed by atoms with van der Waals surface area (Å²) < 4.78 is 10.4. The van der Waals surface area contributed by atoms with Crippen molar-refractivity contribution in [1.29, 1.82) is 0 Å². The summed E-state index contributed by atoms with van der Waals surface area (Å²) in [6.07, 6.45) is 0. The first-order chi connectivity index (χ1) is 12.1. The number of nitrogens with one attached hydrogen (secondary N) is 1. The molecule has 8 nitrogen and oxygen atoms in total. The van der Waals surface area contributed by atoms with Gasteiger partial charge in [0, 0.05) is 30.8 Å². The highest BCUT2D eigenvalue weighted by Gasteiger charge is 2.15. The minimum atomic E-state index is -0.457. The van der Waals surface area contributed by atoms with Crippen LogP contribution in [0.15, 0.2) is 46.9 Å². The maximum absolute atomic E-state index is 11.1. The maximum Gasteiger partial charge on any atom is 0.311 e. The standard InChI is InChI=1S/C17H16N4O4/c1-11-19-20-17(25-11)13-4-3-5-14(9-13)18-10-12-6-7-16(24-2)15(8-12)21(22)23/h3-9,18H,10H2,1-2H3. The van der Waals surface area contributed by atoms with Gasteiger partial charge in [0.1, 0.15) is 0 Å². The van der Waals surface area contributed by atoms with E-state index >= 15 is 0 Å². The van der Waals surface area contributed by atoms with Crippen molar-refractivity contribution in [3.05, 3.63) is 64.0 Å². The highest BCUT2D eigenvalue weighted by Crippen LogP contribution is 2.28. The van der Waals surface area contributed by atoms with E-state index in [0.717, 1.165) is 16.8 Å². The molecule has 0 aliphatic carbocycles. The van der Waals surface area contributed by atoms with Gasteiger partial charge in [0.05, 0.1) is 12.0 Å². The molecule has 1 aromatic heterocycles. The Morgan fingerprint density at radius 1 is 1.24 bits per heavy atom. The number of anilines is 1. The number of nitrogens with zero attached hydrogens (tertiary/aromatic N) is 3. The van der Waals surface area contributed by atoms with E-state index in [1.807, 2.05) is 24.3 Å². The summed E-state index contributed by atoms with van der Waals surface area (Å²) >= 11 is 0. The fourth-order valence-electron chi connectivity index (χ4n) is 2.37. The van der Waals surface area contributed by atoms with E-state index < -0.39 is 4.92 Å². The first kappa shape index (κ1) is 16.4. The number of hydrogen-bond acceptors (Lipinski definition) is 7. The van der Waals surface area contributed by atoms with Gasteiger partial charge in [-0.25, -0.2) is 0 Å². The number of nitro benzene ring substituents is 1. The van der Waals surface area contributed by atoms with E-state index in [1.54, 1.807) is 19.1 Å². The lowest BCUT2D eigenvalue weighted by Crippen LogP contribution is -2.01. The van der Waals surface area contributed by atoms with Crippen LogP contribution in [0.1, 0.15) is 11.5 Å². The summed E-state index contributed by atoms with van der Waals surface area (Å²) in [5.41, 5.74) is 2.35. The third kappa shape index (κ3) is 3.74. The zero-order valence-corrected chi connectivity index (χ0v) is 13.7. The number of ether oxygens (including phenoxy) is 1. The van der Waals surface area contributed by atoms with Gasteiger partial charge in [-0.1, -0.05) is 12.1 Å². The Morgan fingerprint density at radius 3 is 2.76 bits per heavy atom. The van der Waals surface area contributed by atoms with Crippen molar-refractivity contribution in [1.82, 2.24) is 10.2 Å². The number of benzene rings is 2. The highest BCUT2D eigenvalue weighted by atomic mass is 16.6. The third-order valence-electron chi connectivity index (χ3n) is 3.57. The van der Waals surface area contributed by atoms with Gasteiger partial charge in [-0.05, 0) is 29.8 Å². The Kier molecular flexibility index (Phi) is 4.60. The van der Waals surface area contributed by atoms with E-state index in [-0.39, 0.29) is 11.4 Å². The van der Waals surface area contributed by atoms with Crippen LogP contribution in [-0.2, 0) is 6.54 Å². The van der Waals surface area contributed by atoms with Crippen LogP contribution in [0.2, 0.25) is 0 Å². The fraction of sp³-hybridized carbons (Fsp3) is 0.176. The Labute approximate surface area is 143 Å². The van der Waals surface area contributed by atoms with Gasteiger partial charge in [0.15, 0.2) is 5.75 Å². The van der Waals surface area contributed by atoms with Crippen molar-refractivity contribution in [3.63, 3.8) is 0 Å². The molecule has 128 valence electrons. The van der Waals surface area contributed by atoms with Crippen molar-refractivity contribution in [2.24, 2.45) is 0 Å². The molecule has 2 aromatic carbocycles. The zero-order chi connectivity index (χ0) is 17.8. The first-order valence-corrected chi connectivity index (χ1v) is 7.52. The van der Waals surface area contributed by atoms with Crippen LogP contribution >= 0.6 is 0 Å². The first-order valence-electron chi connectivity index (χ1n) is 7.52. The second kappa shape index (κ2) is 7.00. The van der Waals surface area contributed by atoms with Crippen LogP contribution in [0.5, 0.6) is 5.75 Å². The number of hydrogen-bond donors (Lipinski definition) is 1. The summed E-state index contributed by atoms with van der Waals surface area (Å²) in [5.74, 6) is 1.18. The van der Waals surface area contributed by atoms with Crippen molar-refractivity contribution >= 4 is 11.4 Å². The van der Waals surface area contributed by atoms with Crippen LogP contribution in [0.3, 0.4) is 0 Å². The molecular weight excluding hydrogens is 324 g/mol. The van der Waals surface area contributed by atoms with Crippen LogP contribution in [0, 0.1) is 17.0 Å². The van der Waals surface area contributed by atoms with E-state index in [1.165, 1.54) is 13.2 Å². The largest absolute Gasteiger partial charge is 0.490 e. The van der Waals surface area contributed by atoms with Gasteiger partial charge in [-0.15, -0.1) is 10.2 Å². The number of nitro groups is 1. The summed E-state index contributed by atoms with van der Waals surface area (Å²) in [4.78, 5) is 10.6. The molecule has 25 heavy (non-hydrogen) atoms. The lowest BCUT2D eigenvalue weighted by atomic mass is 10.1. The second-order valence-electron chi connectivity index (χ2n) is 5.32. The molecular formula is C17H16N4O4. The topological polar surface area (TPSA) is 103 Å². The van der Waals surface area contributed by atoms with Gasteiger partial charge >= 0.3 is 5.69 Å². The number of methoxy groups -OCH3 is 1.